The largest absolute Gasteiger partial charge is 0.508 e. The summed E-state index contributed by atoms with van der Waals surface area (Å²) in [6, 6.07) is 15.5. The van der Waals surface area contributed by atoms with Crippen LogP contribution in [0.2, 0.25) is 0 Å². The summed E-state index contributed by atoms with van der Waals surface area (Å²) in [6.45, 7) is 7.97. The van der Waals surface area contributed by atoms with Gasteiger partial charge in [-0.2, -0.15) is 5.10 Å². The van der Waals surface area contributed by atoms with Gasteiger partial charge in [0.25, 0.3) is 0 Å². The second-order valence-electron chi connectivity index (χ2n) is 5.42. The molecule has 111 valence electrons. The number of aryl methyl sites for hydroxylation is 1. The smallest absolute Gasteiger partial charge is 0.115 e. The maximum absolute atomic E-state index is 9.45. The van der Waals surface area contributed by atoms with Crippen LogP contribution in [-0.4, -0.2) is 14.9 Å². The molecular formula is C19H19N2O. The molecule has 0 aliphatic rings. The zero-order chi connectivity index (χ0) is 15.7. The zero-order valence-corrected chi connectivity index (χ0v) is 12.9. The monoisotopic (exact) mass is 291 g/mol. The van der Waals surface area contributed by atoms with Gasteiger partial charge in [-0.25, -0.2) is 4.68 Å². The summed E-state index contributed by atoms with van der Waals surface area (Å²) in [7, 11) is 0. The van der Waals surface area contributed by atoms with E-state index in [2.05, 4.69) is 43.2 Å². The Hall–Kier alpha value is -2.55. The minimum Gasteiger partial charge on any atom is -0.508 e. The van der Waals surface area contributed by atoms with Crippen molar-refractivity contribution in [3.8, 4) is 22.6 Å². The third-order valence-corrected chi connectivity index (χ3v) is 3.92. The Morgan fingerprint density at radius 1 is 1.00 bits per heavy atom. The lowest BCUT2D eigenvalue weighted by Gasteiger charge is -2.07. The molecule has 22 heavy (non-hydrogen) atoms. The highest BCUT2D eigenvalue weighted by Crippen LogP contribution is 2.29. The Bertz CT molecular complexity index is 784. The van der Waals surface area contributed by atoms with E-state index in [4.69, 9.17) is 0 Å². The maximum atomic E-state index is 9.45. The number of nitrogens with zero attached hydrogens (tertiary/aromatic N) is 2. The molecule has 0 aliphatic carbocycles. The first kappa shape index (κ1) is 14.4. The minimum absolute atomic E-state index is 0.273. The molecule has 1 radical (unpaired) electrons. The Kier molecular flexibility index (Phi) is 3.72. The SMILES string of the molecule is [CH2]Cc1ccc(-n2nc(C)c(-c3ccc(O)cc3)c2C)cc1. The average molecular weight is 291 g/mol. The lowest BCUT2D eigenvalue weighted by atomic mass is 10.0. The van der Waals surface area contributed by atoms with Crippen molar-refractivity contribution in [2.75, 3.05) is 0 Å². The fraction of sp³-hybridized carbons (Fsp3) is 0.158. The molecule has 3 aromatic rings. The highest BCUT2D eigenvalue weighted by Gasteiger charge is 2.14. The van der Waals surface area contributed by atoms with Gasteiger partial charge in [0.15, 0.2) is 0 Å². The quantitative estimate of drug-likeness (QED) is 0.784. The molecule has 0 spiro atoms. The van der Waals surface area contributed by atoms with Gasteiger partial charge in [0, 0.05) is 11.3 Å². The van der Waals surface area contributed by atoms with Crippen molar-refractivity contribution in [2.24, 2.45) is 0 Å². The number of hydrogen-bond donors (Lipinski definition) is 1. The van der Waals surface area contributed by atoms with Crippen molar-refractivity contribution in [3.63, 3.8) is 0 Å². The maximum Gasteiger partial charge on any atom is 0.115 e. The van der Waals surface area contributed by atoms with E-state index in [1.54, 1.807) is 12.1 Å². The van der Waals surface area contributed by atoms with Crippen molar-refractivity contribution in [2.45, 2.75) is 20.3 Å². The molecule has 3 heteroatoms. The van der Waals surface area contributed by atoms with Gasteiger partial charge in [0.05, 0.1) is 11.4 Å². The van der Waals surface area contributed by atoms with Crippen LogP contribution in [0.4, 0.5) is 0 Å². The topological polar surface area (TPSA) is 38.0 Å². The van der Waals surface area contributed by atoms with E-state index >= 15 is 0 Å². The summed E-state index contributed by atoms with van der Waals surface area (Å²) >= 11 is 0. The van der Waals surface area contributed by atoms with Crippen molar-refractivity contribution in [3.05, 3.63) is 72.4 Å². The summed E-state index contributed by atoms with van der Waals surface area (Å²) in [5.41, 5.74) is 6.50. The summed E-state index contributed by atoms with van der Waals surface area (Å²) in [6.07, 6.45) is 0.788. The molecule has 1 N–H and O–H groups in total. The molecule has 1 aromatic heterocycles. The summed E-state index contributed by atoms with van der Waals surface area (Å²) in [5, 5.41) is 14.1. The molecule has 3 nitrogen and oxygen atoms in total. The first-order valence-electron chi connectivity index (χ1n) is 7.34. The zero-order valence-electron chi connectivity index (χ0n) is 12.9. The lowest BCUT2D eigenvalue weighted by molar-refractivity contribution is 0.475. The van der Waals surface area contributed by atoms with Crippen LogP contribution < -0.4 is 0 Å². The molecule has 0 atom stereocenters. The van der Waals surface area contributed by atoms with Crippen LogP contribution in [0.3, 0.4) is 0 Å². The predicted molar refractivity (Wildman–Crippen MR) is 89.2 cm³/mol. The van der Waals surface area contributed by atoms with Crippen molar-refractivity contribution >= 4 is 0 Å². The molecule has 0 amide bonds. The van der Waals surface area contributed by atoms with Crippen molar-refractivity contribution in [1.29, 1.82) is 0 Å². The van der Waals surface area contributed by atoms with E-state index in [0.717, 1.165) is 34.6 Å². The first-order valence-corrected chi connectivity index (χ1v) is 7.34. The molecule has 0 unspecified atom stereocenters. The third-order valence-electron chi connectivity index (χ3n) is 3.92. The molecule has 0 bridgehead atoms. The number of benzene rings is 2. The number of phenolic OH excluding ortho intramolecular Hbond substituents is 1. The first-order chi connectivity index (χ1) is 10.6. The summed E-state index contributed by atoms with van der Waals surface area (Å²) in [5.74, 6) is 0.273. The highest BCUT2D eigenvalue weighted by molar-refractivity contribution is 5.69. The number of hydrogen-bond acceptors (Lipinski definition) is 2. The van der Waals surface area contributed by atoms with E-state index in [0.29, 0.717) is 0 Å². The normalized spacial score (nSPS) is 10.9. The standard InChI is InChI=1S/C19H19N2O/c1-4-15-5-9-17(10-6-15)21-14(3)19(13(2)20-21)16-7-11-18(22)12-8-16/h5-12,22H,1,4H2,2-3H3. The molecule has 0 saturated carbocycles. The number of phenols is 1. The van der Waals surface area contributed by atoms with Crippen LogP contribution in [0.1, 0.15) is 17.0 Å². The highest BCUT2D eigenvalue weighted by atomic mass is 16.3. The van der Waals surface area contributed by atoms with Gasteiger partial charge < -0.3 is 5.11 Å². The van der Waals surface area contributed by atoms with Gasteiger partial charge in [0.1, 0.15) is 5.75 Å². The van der Waals surface area contributed by atoms with E-state index < -0.39 is 0 Å². The van der Waals surface area contributed by atoms with Gasteiger partial charge in [-0.05, 0) is 62.6 Å². The van der Waals surface area contributed by atoms with Crippen molar-refractivity contribution < 1.29 is 5.11 Å². The Balaban J connectivity index is 2.07. The van der Waals surface area contributed by atoms with Gasteiger partial charge in [-0.1, -0.05) is 24.3 Å². The lowest BCUT2D eigenvalue weighted by Crippen LogP contribution is -1.99. The Labute approximate surface area is 130 Å². The molecule has 1 heterocycles. The van der Waals surface area contributed by atoms with Crippen LogP contribution >= 0.6 is 0 Å². The number of aromatic nitrogens is 2. The van der Waals surface area contributed by atoms with Crippen molar-refractivity contribution in [1.82, 2.24) is 9.78 Å². The van der Waals surface area contributed by atoms with Crippen LogP contribution in [0.25, 0.3) is 16.8 Å². The van der Waals surface area contributed by atoms with Gasteiger partial charge >= 0.3 is 0 Å². The molecule has 0 saturated heterocycles. The van der Waals surface area contributed by atoms with Crippen LogP contribution in [0, 0.1) is 20.8 Å². The van der Waals surface area contributed by atoms with Gasteiger partial charge in [-0.15, -0.1) is 0 Å². The van der Waals surface area contributed by atoms with Gasteiger partial charge in [-0.3, -0.25) is 0 Å². The van der Waals surface area contributed by atoms with Gasteiger partial charge in [0.2, 0.25) is 0 Å². The van der Waals surface area contributed by atoms with E-state index in [1.165, 1.54) is 5.56 Å². The number of aromatic hydroxyl groups is 1. The molecule has 0 fully saturated rings. The molecule has 2 aromatic carbocycles. The Morgan fingerprint density at radius 3 is 2.23 bits per heavy atom. The Morgan fingerprint density at radius 2 is 1.64 bits per heavy atom. The van der Waals surface area contributed by atoms with E-state index in [9.17, 15) is 5.11 Å². The molecule has 3 rings (SSSR count). The average Bonchev–Trinajstić information content (AvgIpc) is 2.83. The second-order valence-corrected chi connectivity index (χ2v) is 5.42. The van der Waals surface area contributed by atoms with E-state index in [1.807, 2.05) is 23.7 Å². The van der Waals surface area contributed by atoms with E-state index in [-0.39, 0.29) is 5.75 Å². The van der Waals surface area contributed by atoms with Crippen LogP contribution in [0.5, 0.6) is 5.75 Å². The fourth-order valence-electron chi connectivity index (χ4n) is 2.74. The predicted octanol–water partition coefficient (Wildman–Crippen LogP) is 4.24. The van der Waals surface area contributed by atoms with Crippen LogP contribution in [-0.2, 0) is 6.42 Å². The van der Waals surface area contributed by atoms with Crippen LogP contribution in [0.15, 0.2) is 48.5 Å². The summed E-state index contributed by atoms with van der Waals surface area (Å²) in [4.78, 5) is 0. The fourth-order valence-corrected chi connectivity index (χ4v) is 2.74. The number of rotatable bonds is 3. The molecular weight excluding hydrogens is 272 g/mol. The third kappa shape index (κ3) is 2.50. The minimum atomic E-state index is 0.273. The molecule has 0 aliphatic heterocycles. The second kappa shape index (κ2) is 5.68. The summed E-state index contributed by atoms with van der Waals surface area (Å²) < 4.78 is 1.96.